The lowest BCUT2D eigenvalue weighted by Crippen LogP contribution is -2.14. The summed E-state index contributed by atoms with van der Waals surface area (Å²) in [7, 11) is 0. The summed E-state index contributed by atoms with van der Waals surface area (Å²) >= 11 is 0. The van der Waals surface area contributed by atoms with E-state index in [-0.39, 0.29) is 18.6 Å². The van der Waals surface area contributed by atoms with Crippen LogP contribution in [0.25, 0.3) is 0 Å². The third-order valence-electron chi connectivity index (χ3n) is 4.42. The maximum atomic E-state index is 12.7. The summed E-state index contributed by atoms with van der Waals surface area (Å²) in [6.07, 6.45) is 0. The number of rotatable bonds is 7. The molecule has 0 saturated carbocycles. The second-order valence-corrected chi connectivity index (χ2v) is 6.77. The summed E-state index contributed by atoms with van der Waals surface area (Å²) in [5.41, 5.74) is 2.97. The van der Waals surface area contributed by atoms with Gasteiger partial charge in [-0.25, -0.2) is 4.68 Å². The highest BCUT2D eigenvalue weighted by molar-refractivity contribution is 6.05. The molecule has 0 fully saturated rings. The lowest BCUT2D eigenvalue weighted by atomic mass is 10.2. The van der Waals surface area contributed by atoms with Gasteiger partial charge in [-0.05, 0) is 63.2 Å². The van der Waals surface area contributed by atoms with Crippen LogP contribution in [0.5, 0.6) is 5.75 Å². The zero-order valence-corrected chi connectivity index (χ0v) is 16.8. The molecular weight excluding hydrogens is 358 g/mol. The van der Waals surface area contributed by atoms with Gasteiger partial charge in [0.05, 0.1) is 17.1 Å². The average Bonchev–Trinajstić information content (AvgIpc) is 3.25. The fourth-order valence-electron chi connectivity index (χ4n) is 2.98. The lowest BCUT2D eigenvalue weighted by Gasteiger charge is -2.10. The van der Waals surface area contributed by atoms with Gasteiger partial charge in [0, 0.05) is 18.2 Å². The number of hydrogen-bond acceptors (Lipinski definition) is 6. The molecule has 0 bridgehead atoms. The first-order valence-electron chi connectivity index (χ1n) is 9.25. The molecule has 148 valence electrons. The van der Waals surface area contributed by atoms with Crippen molar-refractivity contribution in [3.05, 3.63) is 47.0 Å². The van der Waals surface area contributed by atoms with Crippen molar-refractivity contribution in [1.29, 1.82) is 0 Å². The Labute approximate surface area is 163 Å². The van der Waals surface area contributed by atoms with Gasteiger partial charge < -0.3 is 10.1 Å². The number of carbonyl (C=O) groups is 1. The van der Waals surface area contributed by atoms with Gasteiger partial charge >= 0.3 is 0 Å². The second-order valence-electron chi connectivity index (χ2n) is 6.77. The molecule has 2 aromatic heterocycles. The summed E-state index contributed by atoms with van der Waals surface area (Å²) in [6.45, 7) is 10.8. The van der Waals surface area contributed by atoms with E-state index in [1.165, 1.54) is 0 Å². The number of aromatic nitrogens is 6. The predicted molar refractivity (Wildman–Crippen MR) is 104 cm³/mol. The largest absolute Gasteiger partial charge is 0.486 e. The van der Waals surface area contributed by atoms with Gasteiger partial charge in [0.2, 0.25) is 0 Å². The first-order chi connectivity index (χ1) is 13.4. The zero-order chi connectivity index (χ0) is 20.3. The minimum Gasteiger partial charge on any atom is -0.486 e. The third kappa shape index (κ3) is 4.03. The van der Waals surface area contributed by atoms with Crippen LogP contribution < -0.4 is 10.1 Å². The number of carbonyl (C=O) groups excluding carboxylic acids is 1. The van der Waals surface area contributed by atoms with E-state index in [4.69, 9.17) is 4.74 Å². The van der Waals surface area contributed by atoms with Crippen LogP contribution in [0.1, 0.15) is 54.4 Å². The number of ether oxygens (including phenoxy) is 1. The molecule has 0 radical (unpaired) electrons. The van der Waals surface area contributed by atoms with Crippen LogP contribution in [0.4, 0.5) is 5.69 Å². The van der Waals surface area contributed by atoms with E-state index in [2.05, 4.69) is 39.8 Å². The van der Waals surface area contributed by atoms with Crippen LogP contribution in [-0.4, -0.2) is 35.9 Å². The molecule has 0 atom stereocenters. The van der Waals surface area contributed by atoms with Crippen LogP contribution in [0.2, 0.25) is 0 Å². The van der Waals surface area contributed by atoms with Crippen LogP contribution >= 0.6 is 0 Å². The molecule has 2 heterocycles. The monoisotopic (exact) mass is 383 g/mol. The summed E-state index contributed by atoms with van der Waals surface area (Å²) < 4.78 is 9.32. The van der Waals surface area contributed by atoms with Crippen LogP contribution in [-0.2, 0) is 13.2 Å². The van der Waals surface area contributed by atoms with Crippen molar-refractivity contribution < 1.29 is 9.53 Å². The Bertz CT molecular complexity index is 975. The SMILES string of the molecule is CCn1nnnc1COc1cccc(C(=O)Nc2c(C)nn(C(C)C)c2C)c1. The van der Waals surface area contributed by atoms with Gasteiger partial charge in [-0.3, -0.25) is 9.48 Å². The molecule has 9 heteroatoms. The van der Waals surface area contributed by atoms with Crippen LogP contribution in [0, 0.1) is 13.8 Å². The smallest absolute Gasteiger partial charge is 0.255 e. The number of tetrazole rings is 1. The van der Waals surface area contributed by atoms with Crippen molar-refractivity contribution in [1.82, 2.24) is 30.0 Å². The molecule has 0 aliphatic carbocycles. The number of nitrogens with zero attached hydrogens (tertiary/aromatic N) is 6. The molecule has 1 aromatic carbocycles. The van der Waals surface area contributed by atoms with E-state index >= 15 is 0 Å². The maximum Gasteiger partial charge on any atom is 0.255 e. The molecular formula is C19H25N7O2. The summed E-state index contributed by atoms with van der Waals surface area (Å²) in [5, 5.41) is 18.9. The van der Waals surface area contributed by atoms with Gasteiger partial charge in [0.1, 0.15) is 12.4 Å². The Morgan fingerprint density at radius 2 is 2.07 bits per heavy atom. The molecule has 0 aliphatic heterocycles. The van der Waals surface area contributed by atoms with E-state index in [0.717, 1.165) is 17.1 Å². The number of amides is 1. The highest BCUT2D eigenvalue weighted by atomic mass is 16.5. The summed E-state index contributed by atoms with van der Waals surface area (Å²) in [4.78, 5) is 12.7. The van der Waals surface area contributed by atoms with Crippen LogP contribution in [0.3, 0.4) is 0 Å². The van der Waals surface area contributed by atoms with E-state index in [0.29, 0.717) is 23.7 Å². The minimum atomic E-state index is -0.210. The van der Waals surface area contributed by atoms with Gasteiger partial charge in [-0.1, -0.05) is 6.07 Å². The van der Waals surface area contributed by atoms with Crippen LogP contribution in [0.15, 0.2) is 24.3 Å². The third-order valence-corrected chi connectivity index (χ3v) is 4.42. The maximum absolute atomic E-state index is 12.7. The fourth-order valence-corrected chi connectivity index (χ4v) is 2.98. The zero-order valence-electron chi connectivity index (χ0n) is 16.8. The molecule has 1 amide bonds. The van der Waals surface area contributed by atoms with Crippen molar-refractivity contribution in [3.8, 4) is 5.75 Å². The standard InChI is InChI=1S/C19H25N7O2/c1-6-25-17(21-23-24-25)11-28-16-9-7-8-15(10-16)19(27)20-18-13(4)22-26(12(2)3)14(18)5/h7-10,12H,6,11H2,1-5H3,(H,20,27). The quantitative estimate of drug-likeness (QED) is 0.673. The molecule has 0 unspecified atom stereocenters. The molecule has 1 N–H and O–H groups in total. The normalized spacial score (nSPS) is 11.1. The fraction of sp³-hybridized carbons (Fsp3) is 0.421. The minimum absolute atomic E-state index is 0.210. The Morgan fingerprint density at radius 1 is 1.29 bits per heavy atom. The van der Waals surface area contributed by atoms with E-state index < -0.39 is 0 Å². The van der Waals surface area contributed by atoms with Gasteiger partial charge in [0.25, 0.3) is 5.91 Å². The molecule has 3 aromatic rings. The Kier molecular flexibility index (Phi) is 5.72. The molecule has 0 saturated heterocycles. The van der Waals surface area contributed by atoms with Gasteiger partial charge in [-0.2, -0.15) is 5.10 Å². The summed E-state index contributed by atoms with van der Waals surface area (Å²) in [5.74, 6) is 0.993. The van der Waals surface area contributed by atoms with Gasteiger partial charge in [0.15, 0.2) is 5.82 Å². The van der Waals surface area contributed by atoms with Crippen molar-refractivity contribution in [3.63, 3.8) is 0 Å². The Balaban J connectivity index is 1.72. The van der Waals surface area contributed by atoms with Crippen molar-refractivity contribution in [2.45, 2.75) is 53.8 Å². The number of anilines is 1. The molecule has 0 spiro atoms. The predicted octanol–water partition coefficient (Wildman–Crippen LogP) is 2.92. The van der Waals surface area contributed by atoms with Crippen molar-refractivity contribution in [2.75, 3.05) is 5.32 Å². The number of nitrogens with one attached hydrogen (secondary N) is 1. The highest BCUT2D eigenvalue weighted by Gasteiger charge is 2.17. The van der Waals surface area contributed by atoms with Crippen molar-refractivity contribution in [2.24, 2.45) is 0 Å². The number of benzene rings is 1. The first kappa shape index (κ1) is 19.5. The van der Waals surface area contributed by atoms with Crippen molar-refractivity contribution >= 4 is 11.6 Å². The molecule has 28 heavy (non-hydrogen) atoms. The van der Waals surface area contributed by atoms with E-state index in [9.17, 15) is 4.79 Å². The van der Waals surface area contributed by atoms with E-state index in [1.807, 2.05) is 25.5 Å². The second kappa shape index (κ2) is 8.20. The highest BCUT2D eigenvalue weighted by Crippen LogP contribution is 2.24. The Morgan fingerprint density at radius 3 is 2.75 bits per heavy atom. The first-order valence-corrected chi connectivity index (χ1v) is 9.25. The molecule has 0 aliphatic rings. The number of aryl methyl sites for hydroxylation is 2. The lowest BCUT2D eigenvalue weighted by molar-refractivity contribution is 0.102. The van der Waals surface area contributed by atoms with Gasteiger partial charge in [-0.15, -0.1) is 5.10 Å². The summed E-state index contributed by atoms with van der Waals surface area (Å²) in [6, 6.07) is 7.25. The average molecular weight is 383 g/mol. The number of hydrogen-bond donors (Lipinski definition) is 1. The molecule has 3 rings (SSSR count). The Hall–Kier alpha value is -3.23. The molecule has 9 nitrogen and oxygen atoms in total. The topological polar surface area (TPSA) is 99.8 Å². The van der Waals surface area contributed by atoms with E-state index in [1.54, 1.807) is 28.9 Å².